The van der Waals surface area contributed by atoms with Crippen LogP contribution in [-0.2, 0) is 11.3 Å². The van der Waals surface area contributed by atoms with Gasteiger partial charge >= 0.3 is 0 Å². The minimum Gasteiger partial charge on any atom is -0.378 e. The third-order valence-electron chi connectivity index (χ3n) is 4.13. The molecule has 0 aromatic carbocycles. The van der Waals surface area contributed by atoms with Crippen LogP contribution >= 0.6 is 0 Å². The van der Waals surface area contributed by atoms with Crippen molar-refractivity contribution in [2.24, 2.45) is 5.92 Å². The molecule has 1 saturated carbocycles. The second kappa shape index (κ2) is 7.58. The van der Waals surface area contributed by atoms with E-state index in [2.05, 4.69) is 19.2 Å². The van der Waals surface area contributed by atoms with Gasteiger partial charge in [-0.3, -0.25) is 0 Å². The topological polar surface area (TPSA) is 47.0 Å². The van der Waals surface area contributed by atoms with Crippen molar-refractivity contribution in [2.75, 3.05) is 19.0 Å². The van der Waals surface area contributed by atoms with E-state index in [4.69, 9.17) is 14.7 Å². The molecule has 2 unspecified atom stereocenters. The number of nitrogens with one attached hydrogen (secondary N) is 1. The van der Waals surface area contributed by atoms with Gasteiger partial charge in [-0.05, 0) is 31.6 Å². The summed E-state index contributed by atoms with van der Waals surface area (Å²) >= 11 is 0. The van der Waals surface area contributed by atoms with E-state index in [1.807, 2.05) is 6.07 Å². The van der Waals surface area contributed by atoms with Gasteiger partial charge in [0.15, 0.2) is 0 Å². The lowest BCUT2D eigenvalue weighted by atomic mass is 10.0. The minimum atomic E-state index is 0.527. The van der Waals surface area contributed by atoms with Crippen LogP contribution in [0.1, 0.15) is 63.4 Å². The summed E-state index contributed by atoms with van der Waals surface area (Å²) in [5.74, 6) is 3.33. The Balaban J connectivity index is 2.15. The van der Waals surface area contributed by atoms with E-state index in [9.17, 15) is 0 Å². The van der Waals surface area contributed by atoms with Crippen LogP contribution < -0.4 is 5.32 Å². The third kappa shape index (κ3) is 3.92. The van der Waals surface area contributed by atoms with Crippen LogP contribution in [0, 0.1) is 5.92 Å². The summed E-state index contributed by atoms with van der Waals surface area (Å²) in [4.78, 5) is 9.43. The van der Waals surface area contributed by atoms with Gasteiger partial charge in [0.25, 0.3) is 0 Å². The normalized spacial score (nSPS) is 22.1. The molecule has 4 nitrogen and oxygen atoms in total. The van der Waals surface area contributed by atoms with Gasteiger partial charge in [0, 0.05) is 25.6 Å². The first-order valence-corrected chi connectivity index (χ1v) is 7.87. The number of hydrogen-bond donors (Lipinski definition) is 1. The summed E-state index contributed by atoms with van der Waals surface area (Å²) in [6.45, 7) is 5.95. The first-order valence-electron chi connectivity index (χ1n) is 7.87. The molecular weight excluding hydrogens is 250 g/mol. The number of ether oxygens (including phenoxy) is 1. The zero-order valence-corrected chi connectivity index (χ0v) is 13.0. The zero-order valence-electron chi connectivity index (χ0n) is 13.0. The van der Waals surface area contributed by atoms with Crippen LogP contribution in [0.15, 0.2) is 6.07 Å². The Bertz CT molecular complexity index is 422. The Morgan fingerprint density at radius 3 is 2.80 bits per heavy atom. The maximum Gasteiger partial charge on any atom is 0.134 e. The monoisotopic (exact) mass is 277 g/mol. The fourth-order valence-corrected chi connectivity index (χ4v) is 2.95. The lowest BCUT2D eigenvalue weighted by Gasteiger charge is -2.13. The zero-order chi connectivity index (χ0) is 14.4. The lowest BCUT2D eigenvalue weighted by Crippen LogP contribution is -2.10. The molecule has 0 spiro atoms. The summed E-state index contributed by atoms with van der Waals surface area (Å²) in [6.07, 6.45) is 6.15. The molecule has 2 rings (SSSR count). The van der Waals surface area contributed by atoms with E-state index in [0.29, 0.717) is 12.5 Å². The highest BCUT2D eigenvalue weighted by Gasteiger charge is 2.27. The average Bonchev–Trinajstić information content (AvgIpc) is 2.94. The first kappa shape index (κ1) is 15.2. The van der Waals surface area contributed by atoms with Gasteiger partial charge in [-0.2, -0.15) is 0 Å². The highest BCUT2D eigenvalue weighted by Crippen LogP contribution is 2.38. The number of rotatable bonds is 7. The molecule has 4 heteroatoms. The van der Waals surface area contributed by atoms with Crippen LogP contribution in [0.3, 0.4) is 0 Å². The standard InChI is InChI=1S/C16H27N3O/c1-4-8-17-15-10-14(11-20-3)18-16(19-15)13-7-6-12(5-2)9-13/h10,12-13H,4-9,11H2,1-3H3,(H,17,18,19). The van der Waals surface area contributed by atoms with E-state index in [-0.39, 0.29) is 0 Å². The molecule has 0 radical (unpaired) electrons. The highest BCUT2D eigenvalue weighted by molar-refractivity contribution is 5.36. The summed E-state index contributed by atoms with van der Waals surface area (Å²) in [5, 5.41) is 3.38. The molecule has 0 bridgehead atoms. The Labute approximate surface area is 122 Å². The van der Waals surface area contributed by atoms with E-state index >= 15 is 0 Å². The van der Waals surface area contributed by atoms with E-state index in [0.717, 1.165) is 36.2 Å². The number of anilines is 1. The molecule has 1 fully saturated rings. The minimum absolute atomic E-state index is 0.527. The summed E-state index contributed by atoms with van der Waals surface area (Å²) in [7, 11) is 1.71. The van der Waals surface area contributed by atoms with Gasteiger partial charge in [-0.15, -0.1) is 0 Å². The molecule has 112 valence electrons. The van der Waals surface area contributed by atoms with Crippen LogP contribution in [-0.4, -0.2) is 23.6 Å². The SMILES string of the molecule is CCCNc1cc(COC)nc(C2CCC(CC)C2)n1. The summed E-state index contributed by atoms with van der Waals surface area (Å²) < 4.78 is 5.23. The second-order valence-corrected chi connectivity index (χ2v) is 5.75. The van der Waals surface area contributed by atoms with E-state index < -0.39 is 0 Å². The van der Waals surface area contributed by atoms with Crippen molar-refractivity contribution in [2.45, 2.75) is 58.5 Å². The predicted octanol–water partition coefficient (Wildman–Crippen LogP) is 3.74. The fourth-order valence-electron chi connectivity index (χ4n) is 2.95. The second-order valence-electron chi connectivity index (χ2n) is 5.75. The molecule has 0 aliphatic heterocycles. The molecule has 2 atom stereocenters. The summed E-state index contributed by atoms with van der Waals surface area (Å²) in [5.41, 5.74) is 0.982. The maximum absolute atomic E-state index is 5.23. The Morgan fingerprint density at radius 1 is 1.30 bits per heavy atom. The van der Waals surface area contributed by atoms with Crippen molar-refractivity contribution in [3.63, 3.8) is 0 Å². The number of methoxy groups -OCH3 is 1. The van der Waals surface area contributed by atoms with Crippen LogP contribution in [0.25, 0.3) is 0 Å². The van der Waals surface area contributed by atoms with Gasteiger partial charge in [-0.1, -0.05) is 20.3 Å². The number of aromatic nitrogens is 2. The van der Waals surface area contributed by atoms with Gasteiger partial charge in [0.2, 0.25) is 0 Å². The van der Waals surface area contributed by atoms with Gasteiger partial charge in [0.05, 0.1) is 12.3 Å². The molecule has 0 saturated heterocycles. The van der Waals surface area contributed by atoms with Crippen LogP contribution in [0.4, 0.5) is 5.82 Å². The van der Waals surface area contributed by atoms with Crippen LogP contribution in [0.5, 0.6) is 0 Å². The van der Waals surface area contributed by atoms with Crippen molar-refractivity contribution in [1.82, 2.24) is 9.97 Å². The predicted molar refractivity (Wildman–Crippen MR) is 81.9 cm³/mol. The highest BCUT2D eigenvalue weighted by atomic mass is 16.5. The Morgan fingerprint density at radius 2 is 2.15 bits per heavy atom. The van der Waals surface area contributed by atoms with Crippen LogP contribution in [0.2, 0.25) is 0 Å². The number of nitrogens with zero attached hydrogens (tertiary/aromatic N) is 2. The third-order valence-corrected chi connectivity index (χ3v) is 4.13. The lowest BCUT2D eigenvalue weighted by molar-refractivity contribution is 0.181. The van der Waals surface area contributed by atoms with Gasteiger partial charge in [-0.25, -0.2) is 9.97 Å². The first-order chi connectivity index (χ1) is 9.76. The Kier molecular flexibility index (Phi) is 5.77. The van der Waals surface area contributed by atoms with Crippen molar-refractivity contribution >= 4 is 5.82 Å². The largest absolute Gasteiger partial charge is 0.378 e. The smallest absolute Gasteiger partial charge is 0.134 e. The van der Waals surface area contributed by atoms with Crippen molar-refractivity contribution in [1.29, 1.82) is 0 Å². The van der Waals surface area contributed by atoms with Crippen molar-refractivity contribution < 1.29 is 4.74 Å². The fraction of sp³-hybridized carbons (Fsp3) is 0.750. The molecule has 1 aliphatic carbocycles. The molecule has 0 amide bonds. The van der Waals surface area contributed by atoms with E-state index in [1.54, 1.807) is 7.11 Å². The van der Waals surface area contributed by atoms with E-state index in [1.165, 1.54) is 25.7 Å². The van der Waals surface area contributed by atoms with Gasteiger partial charge in [0.1, 0.15) is 11.6 Å². The molecule has 1 N–H and O–H groups in total. The summed E-state index contributed by atoms with van der Waals surface area (Å²) in [6, 6.07) is 2.01. The maximum atomic E-state index is 5.23. The molecule has 20 heavy (non-hydrogen) atoms. The average molecular weight is 277 g/mol. The van der Waals surface area contributed by atoms with Crippen molar-refractivity contribution in [3.05, 3.63) is 17.6 Å². The van der Waals surface area contributed by atoms with Gasteiger partial charge < -0.3 is 10.1 Å². The molecular formula is C16H27N3O. The molecule has 1 aromatic rings. The van der Waals surface area contributed by atoms with Crippen molar-refractivity contribution in [3.8, 4) is 0 Å². The molecule has 1 heterocycles. The Hall–Kier alpha value is -1.16. The quantitative estimate of drug-likeness (QED) is 0.824. The molecule has 1 aromatic heterocycles. The molecule has 1 aliphatic rings. The number of hydrogen-bond acceptors (Lipinski definition) is 4.